The molecular formula is C16H24N2O3. The molecule has 0 bridgehead atoms. The van der Waals surface area contributed by atoms with E-state index in [0.717, 1.165) is 31.5 Å². The van der Waals surface area contributed by atoms with E-state index >= 15 is 0 Å². The summed E-state index contributed by atoms with van der Waals surface area (Å²) in [6.45, 7) is 2.18. The zero-order valence-electron chi connectivity index (χ0n) is 12.7. The quantitative estimate of drug-likeness (QED) is 0.827. The molecule has 5 heteroatoms. The lowest BCUT2D eigenvalue weighted by Gasteiger charge is -2.38. The van der Waals surface area contributed by atoms with Gasteiger partial charge in [0, 0.05) is 26.7 Å². The summed E-state index contributed by atoms with van der Waals surface area (Å²) in [7, 11) is 3.45. The second-order valence-electron chi connectivity index (χ2n) is 5.54. The molecule has 2 N–H and O–H groups in total. The second-order valence-corrected chi connectivity index (χ2v) is 5.54. The Labute approximate surface area is 125 Å². The number of hydrogen-bond donors (Lipinski definition) is 2. The largest absolute Gasteiger partial charge is 0.480 e. The van der Waals surface area contributed by atoms with Crippen LogP contribution in [0.4, 0.5) is 0 Å². The fourth-order valence-electron chi connectivity index (χ4n) is 2.97. The third-order valence-electron chi connectivity index (χ3n) is 4.39. The summed E-state index contributed by atoms with van der Waals surface area (Å²) >= 11 is 0. The Bertz CT molecular complexity index is 458. The number of likely N-dealkylation sites (N-methyl/N-ethyl adjacent to an activating group) is 1. The minimum absolute atomic E-state index is 0.298. The highest BCUT2D eigenvalue weighted by atomic mass is 16.5. The standard InChI is InChI=1S/C16H24N2O3/c1-17-16(15(19)20,13-6-4-3-5-7-13)12-18-10-8-14(21-2)9-11-18/h3-7,14,17H,8-12H2,1-2H3,(H,19,20). The smallest absolute Gasteiger partial charge is 0.329 e. The number of hydrogen-bond acceptors (Lipinski definition) is 4. The number of nitrogens with zero attached hydrogens (tertiary/aromatic N) is 1. The highest BCUT2D eigenvalue weighted by Crippen LogP contribution is 2.25. The SMILES string of the molecule is CNC(CN1CCC(OC)CC1)(C(=O)O)c1ccccc1. The van der Waals surface area contributed by atoms with Crippen molar-refractivity contribution < 1.29 is 14.6 Å². The Hall–Kier alpha value is -1.43. The van der Waals surface area contributed by atoms with Crippen LogP contribution in [0.2, 0.25) is 0 Å². The van der Waals surface area contributed by atoms with Crippen LogP contribution < -0.4 is 5.32 Å². The fourth-order valence-corrected chi connectivity index (χ4v) is 2.97. The third-order valence-corrected chi connectivity index (χ3v) is 4.39. The van der Waals surface area contributed by atoms with Crippen molar-refractivity contribution in [3.8, 4) is 0 Å². The van der Waals surface area contributed by atoms with Crippen LogP contribution in [0.1, 0.15) is 18.4 Å². The Morgan fingerprint density at radius 2 is 2.00 bits per heavy atom. The predicted molar refractivity (Wildman–Crippen MR) is 81.3 cm³/mol. The molecule has 1 heterocycles. The van der Waals surface area contributed by atoms with Crippen LogP contribution in [-0.2, 0) is 15.1 Å². The number of carbonyl (C=O) groups is 1. The molecule has 1 unspecified atom stereocenters. The minimum Gasteiger partial charge on any atom is -0.480 e. The molecule has 0 aromatic heterocycles. The molecule has 0 radical (unpaired) electrons. The van der Waals surface area contributed by atoms with E-state index in [2.05, 4.69) is 10.2 Å². The highest BCUT2D eigenvalue weighted by molar-refractivity contribution is 5.81. The van der Waals surface area contributed by atoms with E-state index in [-0.39, 0.29) is 0 Å². The van der Waals surface area contributed by atoms with Gasteiger partial charge in [0.1, 0.15) is 0 Å². The van der Waals surface area contributed by atoms with Gasteiger partial charge in [-0.05, 0) is 25.5 Å². The van der Waals surface area contributed by atoms with E-state index in [1.807, 2.05) is 30.3 Å². The van der Waals surface area contributed by atoms with Crippen LogP contribution in [0.5, 0.6) is 0 Å². The van der Waals surface area contributed by atoms with E-state index in [4.69, 9.17) is 4.74 Å². The lowest BCUT2D eigenvalue weighted by molar-refractivity contribution is -0.146. The first-order valence-corrected chi connectivity index (χ1v) is 7.35. The van der Waals surface area contributed by atoms with Gasteiger partial charge >= 0.3 is 5.97 Å². The second kappa shape index (κ2) is 7.02. The normalized spacial score (nSPS) is 20.1. The summed E-state index contributed by atoms with van der Waals surface area (Å²) in [4.78, 5) is 14.1. The van der Waals surface area contributed by atoms with Gasteiger partial charge in [0.15, 0.2) is 5.54 Å². The van der Waals surface area contributed by atoms with E-state index in [9.17, 15) is 9.90 Å². The van der Waals surface area contributed by atoms with E-state index in [0.29, 0.717) is 12.6 Å². The molecule has 1 aromatic rings. The first-order chi connectivity index (χ1) is 10.1. The molecule has 0 aliphatic carbocycles. The maximum atomic E-state index is 11.9. The molecule has 116 valence electrons. The molecule has 2 rings (SSSR count). The number of methoxy groups -OCH3 is 1. The first kappa shape index (κ1) is 15.9. The summed E-state index contributed by atoms with van der Waals surface area (Å²) < 4.78 is 5.37. The van der Waals surface area contributed by atoms with Gasteiger partial charge in [-0.2, -0.15) is 0 Å². The Balaban J connectivity index is 2.16. The number of benzene rings is 1. The van der Waals surface area contributed by atoms with Crippen molar-refractivity contribution in [3.63, 3.8) is 0 Å². The molecule has 1 aliphatic heterocycles. The zero-order chi connectivity index (χ0) is 15.3. The lowest BCUT2D eigenvalue weighted by atomic mass is 9.88. The molecule has 0 spiro atoms. The van der Waals surface area contributed by atoms with Gasteiger partial charge in [0.25, 0.3) is 0 Å². The average molecular weight is 292 g/mol. The number of carboxylic acid groups (broad SMARTS) is 1. The van der Waals surface area contributed by atoms with Crippen LogP contribution in [0.25, 0.3) is 0 Å². The van der Waals surface area contributed by atoms with Gasteiger partial charge in [0.2, 0.25) is 0 Å². The first-order valence-electron chi connectivity index (χ1n) is 7.35. The number of aliphatic carboxylic acids is 1. The molecular weight excluding hydrogens is 268 g/mol. The van der Waals surface area contributed by atoms with Crippen molar-refractivity contribution in [2.45, 2.75) is 24.5 Å². The maximum absolute atomic E-state index is 11.9. The molecule has 1 saturated heterocycles. The van der Waals surface area contributed by atoms with Gasteiger partial charge in [-0.25, -0.2) is 4.79 Å². The monoisotopic (exact) mass is 292 g/mol. The van der Waals surface area contributed by atoms with Crippen LogP contribution in [0.3, 0.4) is 0 Å². The van der Waals surface area contributed by atoms with Crippen molar-refractivity contribution in [2.75, 3.05) is 33.8 Å². The summed E-state index contributed by atoms with van der Waals surface area (Å²) in [5.41, 5.74) is -0.282. The molecule has 21 heavy (non-hydrogen) atoms. The summed E-state index contributed by atoms with van der Waals surface area (Å²) in [6, 6.07) is 9.39. The summed E-state index contributed by atoms with van der Waals surface area (Å²) in [6.07, 6.45) is 2.20. The number of ether oxygens (including phenoxy) is 1. The fraction of sp³-hybridized carbons (Fsp3) is 0.562. The molecule has 1 fully saturated rings. The van der Waals surface area contributed by atoms with E-state index in [1.54, 1.807) is 14.2 Å². The van der Waals surface area contributed by atoms with Crippen molar-refractivity contribution in [1.29, 1.82) is 0 Å². The molecule has 1 aliphatic rings. The predicted octanol–water partition coefficient (Wildman–Crippen LogP) is 1.30. The van der Waals surface area contributed by atoms with Crippen LogP contribution in [0, 0.1) is 0 Å². The van der Waals surface area contributed by atoms with Gasteiger partial charge in [0.05, 0.1) is 6.10 Å². The number of rotatable bonds is 6. The van der Waals surface area contributed by atoms with Crippen molar-refractivity contribution in [2.24, 2.45) is 0 Å². The topological polar surface area (TPSA) is 61.8 Å². The van der Waals surface area contributed by atoms with E-state index < -0.39 is 11.5 Å². The molecule has 0 amide bonds. The summed E-state index contributed by atoms with van der Waals surface area (Å²) in [5.74, 6) is -0.843. The Kier molecular flexibility index (Phi) is 5.33. The van der Waals surface area contributed by atoms with Crippen LogP contribution in [0.15, 0.2) is 30.3 Å². The number of nitrogens with one attached hydrogen (secondary N) is 1. The van der Waals surface area contributed by atoms with Crippen molar-refractivity contribution in [1.82, 2.24) is 10.2 Å². The van der Waals surface area contributed by atoms with Gasteiger partial charge in [-0.15, -0.1) is 0 Å². The van der Waals surface area contributed by atoms with Crippen LogP contribution >= 0.6 is 0 Å². The number of carboxylic acids is 1. The molecule has 0 saturated carbocycles. The van der Waals surface area contributed by atoms with Crippen molar-refractivity contribution in [3.05, 3.63) is 35.9 Å². The lowest BCUT2D eigenvalue weighted by Crippen LogP contribution is -2.56. The Morgan fingerprint density at radius 1 is 1.38 bits per heavy atom. The Morgan fingerprint density at radius 3 is 2.48 bits per heavy atom. The van der Waals surface area contributed by atoms with Gasteiger partial charge < -0.3 is 20.1 Å². The van der Waals surface area contributed by atoms with Gasteiger partial charge in [-0.3, -0.25) is 0 Å². The number of piperidine rings is 1. The van der Waals surface area contributed by atoms with Crippen LogP contribution in [-0.4, -0.2) is 55.9 Å². The molecule has 5 nitrogen and oxygen atoms in total. The number of likely N-dealkylation sites (tertiary alicyclic amines) is 1. The zero-order valence-corrected chi connectivity index (χ0v) is 12.7. The minimum atomic E-state index is -1.07. The molecule has 1 atom stereocenters. The maximum Gasteiger partial charge on any atom is 0.329 e. The van der Waals surface area contributed by atoms with Crippen molar-refractivity contribution >= 4 is 5.97 Å². The highest BCUT2D eigenvalue weighted by Gasteiger charge is 2.41. The van der Waals surface area contributed by atoms with Gasteiger partial charge in [-0.1, -0.05) is 30.3 Å². The summed E-state index contributed by atoms with van der Waals surface area (Å²) in [5, 5.41) is 12.8. The third kappa shape index (κ3) is 3.43. The van der Waals surface area contributed by atoms with E-state index in [1.165, 1.54) is 0 Å². The molecule has 1 aromatic carbocycles. The average Bonchev–Trinajstić information content (AvgIpc) is 2.54.